The molecule has 2 aliphatic heterocycles. The first-order chi connectivity index (χ1) is 7.74. The van der Waals surface area contributed by atoms with Gasteiger partial charge >= 0.3 is 0 Å². The molecule has 1 N–H and O–H groups in total. The van der Waals surface area contributed by atoms with Crippen LogP contribution >= 0.6 is 23.2 Å². The molecule has 2 aliphatic rings. The Balaban J connectivity index is 1.89. The summed E-state index contributed by atoms with van der Waals surface area (Å²) in [4.78, 5) is 6.50. The summed E-state index contributed by atoms with van der Waals surface area (Å²) in [6, 6.07) is 2.50. The highest BCUT2D eigenvalue weighted by Crippen LogP contribution is 2.33. The summed E-state index contributed by atoms with van der Waals surface area (Å²) in [5.41, 5.74) is 1.09. The van der Waals surface area contributed by atoms with Gasteiger partial charge in [0.1, 0.15) is 5.15 Å². The zero-order valence-electron chi connectivity index (χ0n) is 8.79. The number of nitrogens with zero attached hydrogens (tertiary/aromatic N) is 2. The van der Waals surface area contributed by atoms with Crippen LogP contribution in [0.4, 0.5) is 5.69 Å². The Bertz CT molecular complexity index is 410. The zero-order valence-corrected chi connectivity index (χ0v) is 10.3. The van der Waals surface area contributed by atoms with Crippen LogP contribution in [0.2, 0.25) is 10.2 Å². The van der Waals surface area contributed by atoms with Gasteiger partial charge in [-0.15, -0.1) is 0 Å². The minimum atomic E-state index is 0.380. The maximum atomic E-state index is 6.00. The monoisotopic (exact) mass is 257 g/mol. The van der Waals surface area contributed by atoms with Crippen molar-refractivity contribution in [1.29, 1.82) is 0 Å². The van der Waals surface area contributed by atoms with E-state index < -0.39 is 0 Å². The number of hydrogen-bond donors (Lipinski definition) is 1. The lowest BCUT2D eigenvalue weighted by molar-refractivity contribution is 0.434. The Labute approximate surface area is 105 Å². The Morgan fingerprint density at radius 2 is 2.25 bits per heavy atom. The van der Waals surface area contributed by atoms with Crippen molar-refractivity contribution in [2.75, 3.05) is 24.5 Å². The average molecular weight is 258 g/mol. The minimum Gasteiger partial charge on any atom is -0.366 e. The first-order valence-corrected chi connectivity index (χ1v) is 6.28. The Morgan fingerprint density at radius 3 is 3.00 bits per heavy atom. The molecule has 0 radical (unpaired) electrons. The molecule has 3 nitrogen and oxygen atoms in total. The van der Waals surface area contributed by atoms with E-state index >= 15 is 0 Å². The van der Waals surface area contributed by atoms with Gasteiger partial charge in [-0.1, -0.05) is 23.2 Å². The summed E-state index contributed by atoms with van der Waals surface area (Å²) in [5, 5.41) is 4.37. The summed E-state index contributed by atoms with van der Waals surface area (Å²) in [5.74, 6) is 0.758. The molecule has 2 fully saturated rings. The van der Waals surface area contributed by atoms with E-state index in [2.05, 4.69) is 15.2 Å². The van der Waals surface area contributed by atoms with Crippen molar-refractivity contribution in [3.63, 3.8) is 0 Å². The molecule has 0 unspecified atom stereocenters. The predicted molar refractivity (Wildman–Crippen MR) is 66.4 cm³/mol. The summed E-state index contributed by atoms with van der Waals surface area (Å²) < 4.78 is 0. The molecule has 5 heteroatoms. The van der Waals surface area contributed by atoms with Crippen LogP contribution in [0.1, 0.15) is 6.42 Å². The number of pyridine rings is 1. The maximum absolute atomic E-state index is 6.00. The van der Waals surface area contributed by atoms with Crippen LogP contribution in [-0.4, -0.2) is 30.7 Å². The van der Waals surface area contributed by atoms with Crippen LogP contribution in [0.25, 0.3) is 0 Å². The van der Waals surface area contributed by atoms with Gasteiger partial charge in [-0.2, -0.15) is 0 Å². The predicted octanol–water partition coefficient (Wildman–Crippen LogP) is 2.19. The number of rotatable bonds is 1. The fourth-order valence-corrected chi connectivity index (χ4v) is 2.96. The summed E-state index contributed by atoms with van der Waals surface area (Å²) >= 11 is 11.8. The lowest BCUT2D eigenvalue weighted by Crippen LogP contribution is -2.39. The van der Waals surface area contributed by atoms with E-state index in [1.807, 2.05) is 12.3 Å². The van der Waals surface area contributed by atoms with E-state index in [0.717, 1.165) is 31.2 Å². The number of halogens is 2. The second kappa shape index (κ2) is 4.06. The number of fused-ring (bicyclic) bond motifs is 2. The Morgan fingerprint density at radius 1 is 1.38 bits per heavy atom. The third kappa shape index (κ3) is 1.77. The Hall–Kier alpha value is -0.510. The smallest absolute Gasteiger partial charge is 0.147 e. The molecule has 2 saturated heterocycles. The third-order valence-corrected chi connectivity index (χ3v) is 4.11. The van der Waals surface area contributed by atoms with Crippen molar-refractivity contribution in [2.45, 2.75) is 12.5 Å². The standard InChI is InChI=1S/C11H13Cl2N3/c12-10-2-9(5-15-11(10)13)16-6-7-1-8(16)4-14-3-7/h2,5,7-8,14H,1,3-4,6H2/t7-,8-/m0/s1. The Kier molecular flexibility index (Phi) is 2.70. The second-order valence-electron chi connectivity index (χ2n) is 4.53. The van der Waals surface area contributed by atoms with Crippen molar-refractivity contribution < 1.29 is 0 Å². The fourth-order valence-electron chi connectivity index (χ4n) is 2.69. The minimum absolute atomic E-state index is 0.380. The van der Waals surface area contributed by atoms with Crippen molar-refractivity contribution in [2.24, 2.45) is 5.92 Å². The van der Waals surface area contributed by atoms with Gasteiger partial charge in [0.25, 0.3) is 0 Å². The van der Waals surface area contributed by atoms with Crippen LogP contribution < -0.4 is 10.2 Å². The third-order valence-electron chi connectivity index (χ3n) is 3.43. The first kappa shape index (κ1) is 10.6. The number of piperidine rings is 1. The quantitative estimate of drug-likeness (QED) is 0.782. The van der Waals surface area contributed by atoms with Crippen molar-refractivity contribution in [3.05, 3.63) is 22.4 Å². The molecular formula is C11H13Cl2N3. The highest BCUT2D eigenvalue weighted by molar-refractivity contribution is 6.41. The van der Waals surface area contributed by atoms with Gasteiger partial charge in [-0.3, -0.25) is 0 Å². The molecule has 0 amide bonds. The zero-order chi connectivity index (χ0) is 11.1. The molecule has 1 aromatic rings. The molecule has 1 aromatic heterocycles. The average Bonchev–Trinajstić information content (AvgIpc) is 2.58. The van der Waals surface area contributed by atoms with E-state index in [4.69, 9.17) is 23.2 Å². The molecule has 0 saturated carbocycles. The molecule has 0 aromatic carbocycles. The highest BCUT2D eigenvalue weighted by Gasteiger charge is 2.35. The fraction of sp³-hybridized carbons (Fsp3) is 0.545. The largest absolute Gasteiger partial charge is 0.366 e. The molecule has 2 atom stereocenters. The molecule has 3 rings (SSSR count). The lowest BCUT2D eigenvalue weighted by Gasteiger charge is -2.26. The number of anilines is 1. The van der Waals surface area contributed by atoms with E-state index in [9.17, 15) is 0 Å². The second-order valence-corrected chi connectivity index (χ2v) is 5.30. The summed E-state index contributed by atoms with van der Waals surface area (Å²) in [6.07, 6.45) is 3.09. The van der Waals surface area contributed by atoms with Crippen molar-refractivity contribution in [3.8, 4) is 0 Å². The van der Waals surface area contributed by atoms with Gasteiger partial charge < -0.3 is 10.2 Å². The molecular weight excluding hydrogens is 245 g/mol. The first-order valence-electron chi connectivity index (χ1n) is 5.52. The molecule has 86 valence electrons. The van der Waals surface area contributed by atoms with Crippen LogP contribution in [0.3, 0.4) is 0 Å². The van der Waals surface area contributed by atoms with Crippen molar-refractivity contribution in [1.82, 2.24) is 10.3 Å². The molecule has 3 heterocycles. The topological polar surface area (TPSA) is 28.2 Å². The van der Waals surface area contributed by atoms with Crippen LogP contribution in [-0.2, 0) is 0 Å². The van der Waals surface area contributed by atoms with Crippen LogP contribution in [0.5, 0.6) is 0 Å². The highest BCUT2D eigenvalue weighted by atomic mass is 35.5. The molecule has 2 bridgehead atoms. The van der Waals surface area contributed by atoms with E-state index in [1.165, 1.54) is 6.42 Å². The van der Waals surface area contributed by atoms with Crippen LogP contribution in [0.15, 0.2) is 12.3 Å². The molecule has 0 spiro atoms. The van der Waals surface area contributed by atoms with Gasteiger partial charge in [-0.25, -0.2) is 4.98 Å². The number of aromatic nitrogens is 1. The lowest BCUT2D eigenvalue weighted by atomic mass is 10.0. The van der Waals surface area contributed by atoms with Gasteiger partial charge in [0.05, 0.1) is 16.9 Å². The van der Waals surface area contributed by atoms with Crippen molar-refractivity contribution >= 4 is 28.9 Å². The van der Waals surface area contributed by atoms with E-state index in [1.54, 1.807) is 0 Å². The molecule has 16 heavy (non-hydrogen) atoms. The summed E-state index contributed by atoms with van der Waals surface area (Å²) in [7, 11) is 0. The van der Waals surface area contributed by atoms with E-state index in [-0.39, 0.29) is 0 Å². The van der Waals surface area contributed by atoms with Gasteiger partial charge in [0.2, 0.25) is 0 Å². The van der Waals surface area contributed by atoms with Crippen LogP contribution in [0, 0.1) is 5.92 Å². The van der Waals surface area contributed by atoms with Gasteiger partial charge in [0, 0.05) is 19.1 Å². The van der Waals surface area contributed by atoms with Gasteiger partial charge in [0.15, 0.2) is 0 Å². The van der Waals surface area contributed by atoms with E-state index in [0.29, 0.717) is 16.2 Å². The normalized spacial score (nSPS) is 28.5. The number of hydrogen-bond acceptors (Lipinski definition) is 3. The number of nitrogens with one attached hydrogen (secondary N) is 1. The molecule has 0 aliphatic carbocycles. The maximum Gasteiger partial charge on any atom is 0.147 e. The SMILES string of the molecule is Clc1cc(N2C[C@@H]3CNC[C@@H]2C3)cnc1Cl. The summed E-state index contributed by atoms with van der Waals surface area (Å²) in [6.45, 7) is 3.27. The van der Waals surface area contributed by atoms with Gasteiger partial charge in [-0.05, 0) is 24.9 Å².